The minimum Gasteiger partial charge on any atom is -0.374 e. The van der Waals surface area contributed by atoms with Gasteiger partial charge in [0.25, 0.3) is 0 Å². The van der Waals surface area contributed by atoms with E-state index in [1.54, 1.807) is 12.1 Å². The Morgan fingerprint density at radius 3 is 2.74 bits per heavy atom. The molecule has 4 heteroatoms. The lowest BCUT2D eigenvalue weighted by Gasteiger charge is -2.20. The Kier molecular flexibility index (Phi) is 6.77. The Labute approximate surface area is 160 Å². The van der Waals surface area contributed by atoms with Gasteiger partial charge in [-0.1, -0.05) is 73.3 Å². The predicted octanol–water partition coefficient (Wildman–Crippen LogP) is 5.85. The van der Waals surface area contributed by atoms with E-state index in [4.69, 9.17) is 9.26 Å². The van der Waals surface area contributed by atoms with Crippen LogP contribution in [0.2, 0.25) is 0 Å². The maximum absolute atomic E-state index is 10.8. The van der Waals surface area contributed by atoms with Crippen molar-refractivity contribution in [3.05, 3.63) is 59.4 Å². The van der Waals surface area contributed by atoms with Crippen LogP contribution in [0.15, 0.2) is 52.6 Å². The number of ether oxygens (including phenoxy) is 1. The van der Waals surface area contributed by atoms with Gasteiger partial charge in [-0.15, -0.1) is 0 Å². The molecule has 3 rings (SSSR count). The lowest BCUT2D eigenvalue weighted by Crippen LogP contribution is -2.14. The molecule has 1 atom stereocenters. The number of carbonyl (C=O) groups is 1. The lowest BCUT2D eigenvalue weighted by molar-refractivity contribution is 0.0816. The van der Waals surface area contributed by atoms with Crippen LogP contribution in [0, 0.1) is 0 Å². The zero-order valence-corrected chi connectivity index (χ0v) is 16.1. The van der Waals surface area contributed by atoms with Crippen molar-refractivity contribution in [2.45, 2.75) is 52.1 Å². The molecule has 1 aromatic heterocycles. The number of hydrogen-bond donors (Lipinski definition) is 0. The molecule has 142 valence electrons. The number of aldehydes is 1. The van der Waals surface area contributed by atoms with Crippen molar-refractivity contribution in [3.63, 3.8) is 0 Å². The van der Waals surface area contributed by atoms with Crippen LogP contribution in [-0.4, -0.2) is 24.2 Å². The zero-order valence-electron chi connectivity index (χ0n) is 16.1. The van der Waals surface area contributed by atoms with Gasteiger partial charge < -0.3 is 9.26 Å². The molecule has 0 fully saturated rings. The highest BCUT2D eigenvalue weighted by atomic mass is 16.5. The number of unbranched alkanes of at least 4 members (excludes halogenated alkanes) is 3. The third-order valence-electron chi connectivity index (χ3n) is 4.89. The summed E-state index contributed by atoms with van der Waals surface area (Å²) in [5.41, 5.74) is 4.67. The second-order valence-corrected chi connectivity index (χ2v) is 7.04. The molecule has 1 unspecified atom stereocenters. The van der Waals surface area contributed by atoms with E-state index in [0.717, 1.165) is 48.3 Å². The first-order valence-electron chi connectivity index (χ1n) is 9.73. The van der Waals surface area contributed by atoms with E-state index in [2.05, 4.69) is 31.2 Å². The number of benzene rings is 1. The molecule has 1 aliphatic rings. The summed E-state index contributed by atoms with van der Waals surface area (Å²) in [6.07, 6.45) is 10.9. The van der Waals surface area contributed by atoms with E-state index >= 15 is 0 Å². The van der Waals surface area contributed by atoms with Crippen LogP contribution in [0.1, 0.15) is 62.1 Å². The Morgan fingerprint density at radius 2 is 2.04 bits per heavy atom. The summed E-state index contributed by atoms with van der Waals surface area (Å²) in [6, 6.07) is 9.27. The van der Waals surface area contributed by atoms with Crippen molar-refractivity contribution in [3.8, 4) is 11.3 Å². The van der Waals surface area contributed by atoms with Crippen LogP contribution in [0.25, 0.3) is 16.8 Å². The standard InChI is InChI=1S/C23H27NO3/c1-3-4-5-6-13-26-20-11-12-21(17(2)14-20)23-15-22(24-27-23)19-9-7-18(16-25)8-10-19/h7-12,15-16,20H,3-6,13-14H2,1-2H3. The maximum atomic E-state index is 10.8. The molecule has 2 aromatic rings. The molecular formula is C23H27NO3. The maximum Gasteiger partial charge on any atom is 0.167 e. The quantitative estimate of drug-likeness (QED) is 0.413. The minimum atomic E-state index is 0.147. The largest absolute Gasteiger partial charge is 0.374 e. The molecule has 0 saturated carbocycles. The summed E-state index contributed by atoms with van der Waals surface area (Å²) < 4.78 is 11.6. The lowest BCUT2D eigenvalue weighted by atomic mass is 9.95. The van der Waals surface area contributed by atoms with Crippen molar-refractivity contribution in [1.29, 1.82) is 0 Å². The average molecular weight is 365 g/mol. The first-order valence-corrected chi connectivity index (χ1v) is 9.73. The van der Waals surface area contributed by atoms with Crippen molar-refractivity contribution in [2.24, 2.45) is 0 Å². The van der Waals surface area contributed by atoms with Gasteiger partial charge in [0.15, 0.2) is 5.76 Å². The number of rotatable bonds is 9. The average Bonchev–Trinajstić information content (AvgIpc) is 3.18. The summed E-state index contributed by atoms with van der Waals surface area (Å²) in [5, 5.41) is 4.19. The van der Waals surface area contributed by atoms with Gasteiger partial charge in [-0.3, -0.25) is 4.79 Å². The third-order valence-corrected chi connectivity index (χ3v) is 4.89. The fraction of sp³-hybridized carbons (Fsp3) is 0.391. The van der Waals surface area contributed by atoms with Gasteiger partial charge in [-0.05, 0) is 19.8 Å². The van der Waals surface area contributed by atoms with E-state index in [-0.39, 0.29) is 6.10 Å². The van der Waals surface area contributed by atoms with Gasteiger partial charge in [0.2, 0.25) is 0 Å². The molecule has 0 radical (unpaired) electrons. The second kappa shape index (κ2) is 9.47. The molecule has 0 spiro atoms. The summed E-state index contributed by atoms with van der Waals surface area (Å²) in [5.74, 6) is 0.764. The first-order chi connectivity index (χ1) is 13.2. The molecular weight excluding hydrogens is 338 g/mol. The monoisotopic (exact) mass is 365 g/mol. The SMILES string of the molecule is CCCCCCOC1C=CC(c2cc(-c3ccc(C=O)cc3)no2)=C(C)C1. The van der Waals surface area contributed by atoms with Gasteiger partial charge in [-0.2, -0.15) is 0 Å². The fourth-order valence-electron chi connectivity index (χ4n) is 3.27. The topological polar surface area (TPSA) is 52.3 Å². The molecule has 0 saturated heterocycles. The fourth-order valence-corrected chi connectivity index (χ4v) is 3.27. The van der Waals surface area contributed by atoms with Crippen LogP contribution >= 0.6 is 0 Å². The van der Waals surface area contributed by atoms with Crippen LogP contribution in [0.3, 0.4) is 0 Å². The van der Waals surface area contributed by atoms with Crippen LogP contribution in [0.4, 0.5) is 0 Å². The van der Waals surface area contributed by atoms with Gasteiger partial charge in [0.05, 0.1) is 6.10 Å². The molecule has 1 heterocycles. The Bertz CT molecular complexity index is 814. The third kappa shape index (κ3) is 5.04. The van der Waals surface area contributed by atoms with E-state index in [0.29, 0.717) is 5.56 Å². The smallest absolute Gasteiger partial charge is 0.167 e. The van der Waals surface area contributed by atoms with Gasteiger partial charge >= 0.3 is 0 Å². The molecule has 0 N–H and O–H groups in total. The molecule has 4 nitrogen and oxygen atoms in total. The first kappa shape index (κ1) is 19.3. The number of nitrogens with zero attached hydrogens (tertiary/aromatic N) is 1. The van der Waals surface area contributed by atoms with Crippen LogP contribution in [0.5, 0.6) is 0 Å². The Hall–Kier alpha value is -2.46. The highest BCUT2D eigenvalue weighted by Crippen LogP contribution is 2.31. The number of aromatic nitrogens is 1. The van der Waals surface area contributed by atoms with E-state index in [9.17, 15) is 4.79 Å². The van der Waals surface area contributed by atoms with E-state index in [1.807, 2.05) is 18.2 Å². The molecule has 0 aliphatic heterocycles. The van der Waals surface area contributed by atoms with Crippen LogP contribution < -0.4 is 0 Å². The second-order valence-electron chi connectivity index (χ2n) is 7.04. The summed E-state index contributed by atoms with van der Waals surface area (Å²) in [7, 11) is 0. The van der Waals surface area contributed by atoms with Gasteiger partial charge in [-0.25, -0.2) is 0 Å². The summed E-state index contributed by atoms with van der Waals surface area (Å²) in [6.45, 7) is 5.16. The van der Waals surface area contributed by atoms with Crippen molar-refractivity contribution in [2.75, 3.05) is 6.61 Å². The minimum absolute atomic E-state index is 0.147. The molecule has 27 heavy (non-hydrogen) atoms. The predicted molar refractivity (Wildman–Crippen MR) is 108 cm³/mol. The van der Waals surface area contributed by atoms with E-state index < -0.39 is 0 Å². The number of carbonyl (C=O) groups excluding carboxylic acids is 1. The molecule has 1 aromatic carbocycles. The van der Waals surface area contributed by atoms with Gasteiger partial charge in [0, 0.05) is 29.4 Å². The molecule has 1 aliphatic carbocycles. The highest BCUT2D eigenvalue weighted by molar-refractivity contribution is 5.78. The highest BCUT2D eigenvalue weighted by Gasteiger charge is 2.18. The van der Waals surface area contributed by atoms with Crippen molar-refractivity contribution in [1.82, 2.24) is 5.16 Å². The number of hydrogen-bond acceptors (Lipinski definition) is 4. The van der Waals surface area contributed by atoms with Crippen molar-refractivity contribution >= 4 is 11.9 Å². The molecule has 0 amide bonds. The Balaban J connectivity index is 1.62. The molecule has 0 bridgehead atoms. The van der Waals surface area contributed by atoms with E-state index in [1.165, 1.54) is 24.8 Å². The van der Waals surface area contributed by atoms with Crippen LogP contribution in [-0.2, 0) is 4.74 Å². The van der Waals surface area contributed by atoms with Gasteiger partial charge in [0.1, 0.15) is 12.0 Å². The Morgan fingerprint density at radius 1 is 1.22 bits per heavy atom. The summed E-state index contributed by atoms with van der Waals surface area (Å²) in [4.78, 5) is 10.8. The zero-order chi connectivity index (χ0) is 19.1. The number of allylic oxidation sites excluding steroid dienone is 2. The normalized spacial score (nSPS) is 16.7. The van der Waals surface area contributed by atoms with Crippen molar-refractivity contribution < 1.29 is 14.1 Å². The summed E-state index contributed by atoms with van der Waals surface area (Å²) >= 11 is 0.